The molecule has 1 heterocycles. The van der Waals surface area contributed by atoms with Crippen LogP contribution in [0.15, 0.2) is 65.1 Å². The van der Waals surface area contributed by atoms with Gasteiger partial charge in [-0.15, -0.1) is 0 Å². The number of aliphatic hydroxyl groups is 1. The average Bonchev–Trinajstić information content (AvgIpc) is 3.24. The van der Waals surface area contributed by atoms with Gasteiger partial charge in [0.25, 0.3) is 5.91 Å². The number of hydrogen-bond donors (Lipinski definition) is 2. The molecule has 4 aromatic rings. The summed E-state index contributed by atoms with van der Waals surface area (Å²) in [6.07, 6.45) is 0.751. The molecule has 9 nitrogen and oxygen atoms in total. The van der Waals surface area contributed by atoms with Crippen LogP contribution in [0.1, 0.15) is 24.2 Å². The Balaban J connectivity index is 1.85. The molecule has 0 bridgehead atoms. The van der Waals surface area contributed by atoms with E-state index >= 15 is 0 Å². The van der Waals surface area contributed by atoms with E-state index in [-0.39, 0.29) is 41.1 Å². The molecular weight excluding hydrogens is 544 g/mol. The standard InChI is InChI=1S/C28H29ClN2O7S/c1-17(2)36-25-15-22-24(16-23(25)31(12-13-32)39(4,34)35)38-27(26(22)28(33)30-3)18-8-10-20(11-9-18)37-21-7-5-6-19(29)14-21/h5-11,14-17,32H,12-13H2,1-4H3,(H,30,33). The zero-order valence-electron chi connectivity index (χ0n) is 21.9. The second kappa shape index (κ2) is 11.6. The quantitative estimate of drug-likeness (QED) is 0.259. The lowest BCUT2D eigenvalue weighted by Crippen LogP contribution is -2.33. The molecule has 39 heavy (non-hydrogen) atoms. The summed E-state index contributed by atoms with van der Waals surface area (Å²) < 4.78 is 44.2. The van der Waals surface area contributed by atoms with Crippen LogP contribution in [-0.2, 0) is 10.0 Å². The molecule has 0 aliphatic carbocycles. The van der Waals surface area contributed by atoms with Crippen LogP contribution in [-0.4, -0.2) is 52.0 Å². The van der Waals surface area contributed by atoms with Crippen molar-refractivity contribution in [2.24, 2.45) is 0 Å². The van der Waals surface area contributed by atoms with Gasteiger partial charge in [-0.2, -0.15) is 0 Å². The maximum absolute atomic E-state index is 13.0. The number of halogens is 1. The normalized spacial score (nSPS) is 11.6. The molecule has 0 radical (unpaired) electrons. The van der Waals surface area contributed by atoms with Gasteiger partial charge in [0.2, 0.25) is 10.0 Å². The molecule has 0 atom stereocenters. The van der Waals surface area contributed by atoms with E-state index in [9.17, 15) is 18.3 Å². The molecule has 0 unspecified atom stereocenters. The molecule has 2 N–H and O–H groups in total. The van der Waals surface area contributed by atoms with Gasteiger partial charge in [-0.1, -0.05) is 17.7 Å². The molecule has 0 aliphatic heterocycles. The van der Waals surface area contributed by atoms with E-state index in [4.69, 9.17) is 25.5 Å². The topological polar surface area (TPSA) is 118 Å². The first-order valence-corrected chi connectivity index (χ1v) is 14.4. The lowest BCUT2D eigenvalue weighted by molar-refractivity contribution is 0.0964. The van der Waals surface area contributed by atoms with Gasteiger partial charge in [-0.25, -0.2) is 8.42 Å². The van der Waals surface area contributed by atoms with Crippen LogP contribution < -0.4 is 19.1 Å². The molecule has 0 saturated carbocycles. The van der Waals surface area contributed by atoms with E-state index < -0.39 is 16.6 Å². The molecule has 1 aromatic heterocycles. The van der Waals surface area contributed by atoms with Gasteiger partial charge in [0.05, 0.1) is 36.8 Å². The first-order valence-electron chi connectivity index (χ1n) is 12.1. The highest BCUT2D eigenvalue weighted by atomic mass is 35.5. The Labute approximate surface area is 231 Å². The Morgan fingerprint density at radius 3 is 2.41 bits per heavy atom. The molecule has 0 saturated heterocycles. The highest BCUT2D eigenvalue weighted by Crippen LogP contribution is 2.41. The molecule has 0 aliphatic rings. The number of fused-ring (bicyclic) bond motifs is 1. The lowest BCUT2D eigenvalue weighted by atomic mass is 10.0. The van der Waals surface area contributed by atoms with Gasteiger partial charge in [0.1, 0.15) is 28.6 Å². The molecule has 0 spiro atoms. The van der Waals surface area contributed by atoms with Crippen molar-refractivity contribution in [3.63, 3.8) is 0 Å². The molecule has 0 fully saturated rings. The Hall–Kier alpha value is -3.73. The van der Waals surface area contributed by atoms with Gasteiger partial charge in [-0.3, -0.25) is 9.10 Å². The van der Waals surface area contributed by atoms with E-state index in [1.165, 1.54) is 13.1 Å². The second-order valence-electron chi connectivity index (χ2n) is 9.01. The second-order valence-corrected chi connectivity index (χ2v) is 11.4. The predicted molar refractivity (Wildman–Crippen MR) is 152 cm³/mol. The van der Waals surface area contributed by atoms with Crippen molar-refractivity contribution in [3.05, 3.63) is 71.2 Å². The zero-order valence-corrected chi connectivity index (χ0v) is 23.5. The number of nitrogens with zero attached hydrogens (tertiary/aromatic N) is 1. The SMILES string of the molecule is CNC(=O)c1c(-c2ccc(Oc3cccc(Cl)c3)cc2)oc2cc(N(CCO)S(C)(=O)=O)c(OC(C)C)cc12. The minimum Gasteiger partial charge on any atom is -0.489 e. The van der Waals surface area contributed by atoms with Crippen LogP contribution in [0.2, 0.25) is 5.02 Å². The Bertz CT molecular complexity index is 1600. The number of rotatable bonds is 10. The fourth-order valence-corrected chi connectivity index (χ4v) is 5.20. The third-order valence-electron chi connectivity index (χ3n) is 5.71. The van der Waals surface area contributed by atoms with E-state index in [0.29, 0.717) is 33.2 Å². The van der Waals surface area contributed by atoms with Gasteiger partial charge in [0.15, 0.2) is 0 Å². The number of furan rings is 1. The van der Waals surface area contributed by atoms with Crippen molar-refractivity contribution in [3.8, 4) is 28.6 Å². The number of hydrogen-bond acceptors (Lipinski definition) is 7. The van der Waals surface area contributed by atoms with Crippen LogP contribution in [0.25, 0.3) is 22.3 Å². The number of carbonyl (C=O) groups is 1. The zero-order chi connectivity index (χ0) is 28.3. The monoisotopic (exact) mass is 572 g/mol. The highest BCUT2D eigenvalue weighted by molar-refractivity contribution is 7.92. The number of anilines is 1. The van der Waals surface area contributed by atoms with Gasteiger partial charge >= 0.3 is 0 Å². The van der Waals surface area contributed by atoms with Gasteiger partial charge < -0.3 is 24.3 Å². The van der Waals surface area contributed by atoms with Crippen molar-refractivity contribution in [1.82, 2.24) is 5.32 Å². The summed E-state index contributed by atoms with van der Waals surface area (Å²) in [4.78, 5) is 13.0. The van der Waals surface area contributed by atoms with E-state index in [0.717, 1.165) is 10.6 Å². The minimum atomic E-state index is -3.77. The molecule has 206 valence electrons. The first kappa shape index (κ1) is 28.3. The molecule has 1 amide bonds. The van der Waals surface area contributed by atoms with Crippen molar-refractivity contribution < 1.29 is 32.2 Å². The van der Waals surface area contributed by atoms with Crippen LogP contribution in [0.5, 0.6) is 17.2 Å². The predicted octanol–water partition coefficient (Wildman–Crippen LogP) is 5.45. The third kappa shape index (κ3) is 6.30. The summed E-state index contributed by atoms with van der Waals surface area (Å²) in [6.45, 7) is 3.03. The minimum absolute atomic E-state index is 0.178. The molecular formula is C28H29ClN2O7S. The highest BCUT2D eigenvalue weighted by Gasteiger charge is 2.27. The number of sulfonamides is 1. The van der Waals surface area contributed by atoms with Gasteiger partial charge in [0, 0.05) is 29.1 Å². The smallest absolute Gasteiger partial charge is 0.255 e. The van der Waals surface area contributed by atoms with Crippen LogP contribution in [0.3, 0.4) is 0 Å². The summed E-state index contributed by atoms with van der Waals surface area (Å²) in [7, 11) is -2.25. The maximum Gasteiger partial charge on any atom is 0.255 e. The van der Waals surface area contributed by atoms with Crippen molar-refractivity contribution in [2.45, 2.75) is 20.0 Å². The number of amides is 1. The summed E-state index contributed by atoms with van der Waals surface area (Å²) in [6, 6.07) is 17.1. The van der Waals surface area contributed by atoms with Crippen LogP contribution in [0, 0.1) is 0 Å². The number of carbonyl (C=O) groups excluding carboxylic acids is 1. The maximum atomic E-state index is 13.0. The number of ether oxygens (including phenoxy) is 2. The fraction of sp³-hybridized carbons (Fsp3) is 0.250. The first-order chi connectivity index (χ1) is 18.5. The molecule has 4 rings (SSSR count). The number of nitrogens with one attached hydrogen (secondary N) is 1. The Kier molecular flexibility index (Phi) is 8.39. The Morgan fingerprint density at radius 1 is 1.10 bits per heavy atom. The number of aliphatic hydroxyl groups excluding tert-OH is 1. The van der Waals surface area contributed by atoms with E-state index in [1.54, 1.807) is 68.4 Å². The summed E-state index contributed by atoms with van der Waals surface area (Å²) in [5, 5.41) is 13.2. The summed E-state index contributed by atoms with van der Waals surface area (Å²) >= 11 is 6.04. The van der Waals surface area contributed by atoms with Crippen LogP contribution >= 0.6 is 11.6 Å². The fourth-order valence-electron chi connectivity index (χ4n) is 4.11. The van der Waals surface area contributed by atoms with E-state index in [1.807, 2.05) is 0 Å². The summed E-state index contributed by atoms with van der Waals surface area (Å²) in [5.41, 5.74) is 1.35. The number of benzene rings is 3. The van der Waals surface area contributed by atoms with E-state index in [2.05, 4.69) is 5.32 Å². The summed E-state index contributed by atoms with van der Waals surface area (Å²) in [5.74, 6) is 1.27. The van der Waals surface area contributed by atoms with Crippen molar-refractivity contribution >= 4 is 44.2 Å². The lowest BCUT2D eigenvalue weighted by Gasteiger charge is -2.25. The van der Waals surface area contributed by atoms with Gasteiger partial charge in [-0.05, 0) is 62.4 Å². The Morgan fingerprint density at radius 2 is 1.82 bits per heavy atom. The molecule has 11 heteroatoms. The van der Waals surface area contributed by atoms with Crippen molar-refractivity contribution in [2.75, 3.05) is 30.8 Å². The van der Waals surface area contributed by atoms with Crippen LogP contribution in [0.4, 0.5) is 5.69 Å². The molecule has 3 aromatic carbocycles. The third-order valence-corrected chi connectivity index (χ3v) is 7.12. The largest absolute Gasteiger partial charge is 0.489 e. The van der Waals surface area contributed by atoms with Crippen molar-refractivity contribution in [1.29, 1.82) is 0 Å². The average molecular weight is 573 g/mol.